The van der Waals surface area contributed by atoms with Crippen molar-refractivity contribution in [2.45, 2.75) is 6.42 Å². The summed E-state index contributed by atoms with van der Waals surface area (Å²) in [6, 6.07) is 2.93. The molecule has 2 rings (SSSR count). The molecular weight excluding hydrogens is 248 g/mol. The van der Waals surface area contributed by atoms with Crippen LogP contribution < -0.4 is 4.90 Å². The first-order chi connectivity index (χ1) is 8.04. The summed E-state index contributed by atoms with van der Waals surface area (Å²) in [5.74, 6) is -3.17. The van der Waals surface area contributed by atoms with Crippen molar-refractivity contribution < 1.29 is 18.4 Å². The average Bonchev–Trinajstić information content (AvgIpc) is 2.58. The summed E-state index contributed by atoms with van der Waals surface area (Å²) in [6.45, 7) is 0. The quantitative estimate of drug-likeness (QED) is 0.647. The molecule has 1 aromatic carbocycles. The number of hydrogen-bond acceptors (Lipinski definition) is 3. The Labute approximate surface area is 102 Å². The molecule has 0 aliphatic carbocycles. The molecule has 2 amide bonds. The van der Waals surface area contributed by atoms with E-state index in [0.717, 1.165) is 17.0 Å². The van der Waals surface area contributed by atoms with E-state index >= 15 is 0 Å². The summed E-state index contributed by atoms with van der Waals surface area (Å²) in [5.41, 5.74) is 0.0585. The van der Waals surface area contributed by atoms with Gasteiger partial charge in [-0.25, -0.2) is 8.78 Å². The highest BCUT2D eigenvalue weighted by molar-refractivity contribution is 7.80. The van der Waals surface area contributed by atoms with E-state index < -0.39 is 29.4 Å². The van der Waals surface area contributed by atoms with Crippen molar-refractivity contribution >= 4 is 30.1 Å². The first-order valence-electron chi connectivity index (χ1n) is 4.97. The number of rotatable bonds is 2. The predicted molar refractivity (Wildman–Crippen MR) is 60.8 cm³/mol. The first kappa shape index (κ1) is 12.0. The van der Waals surface area contributed by atoms with Crippen LogP contribution in [-0.4, -0.2) is 17.6 Å². The van der Waals surface area contributed by atoms with Crippen LogP contribution in [0.5, 0.6) is 0 Å². The second-order valence-corrected chi connectivity index (χ2v) is 4.11. The number of halogens is 2. The maximum Gasteiger partial charge on any atom is 0.238 e. The summed E-state index contributed by atoms with van der Waals surface area (Å²) in [6.07, 6.45) is 0.0569. The normalized spacial score (nSPS) is 20.2. The number of imide groups is 1. The zero-order chi connectivity index (χ0) is 12.6. The Morgan fingerprint density at radius 1 is 1.29 bits per heavy atom. The largest absolute Gasteiger partial charge is 0.274 e. The van der Waals surface area contributed by atoms with Crippen LogP contribution in [0.4, 0.5) is 14.5 Å². The smallest absolute Gasteiger partial charge is 0.238 e. The van der Waals surface area contributed by atoms with Crippen LogP contribution in [0.15, 0.2) is 18.2 Å². The lowest BCUT2D eigenvalue weighted by atomic mass is 10.1. The molecule has 1 aliphatic rings. The lowest BCUT2D eigenvalue weighted by Gasteiger charge is -2.14. The van der Waals surface area contributed by atoms with E-state index in [9.17, 15) is 18.4 Å². The Bertz CT molecular complexity index is 492. The summed E-state index contributed by atoms with van der Waals surface area (Å²) in [4.78, 5) is 24.3. The molecule has 1 atom stereocenters. The van der Waals surface area contributed by atoms with Gasteiger partial charge in [-0.2, -0.15) is 12.6 Å². The zero-order valence-corrected chi connectivity index (χ0v) is 9.58. The van der Waals surface area contributed by atoms with Crippen molar-refractivity contribution in [3.63, 3.8) is 0 Å². The fourth-order valence-corrected chi connectivity index (χ4v) is 2.02. The Hall–Kier alpha value is -1.43. The van der Waals surface area contributed by atoms with E-state index in [1.54, 1.807) is 0 Å². The van der Waals surface area contributed by atoms with Gasteiger partial charge in [-0.1, -0.05) is 0 Å². The maximum atomic E-state index is 13.0. The van der Waals surface area contributed by atoms with Gasteiger partial charge < -0.3 is 0 Å². The monoisotopic (exact) mass is 257 g/mol. The summed E-state index contributed by atoms with van der Waals surface area (Å²) < 4.78 is 25.8. The van der Waals surface area contributed by atoms with Crippen molar-refractivity contribution in [1.82, 2.24) is 0 Å². The molecular formula is C11H9F2NO2S. The van der Waals surface area contributed by atoms with Gasteiger partial charge >= 0.3 is 0 Å². The van der Waals surface area contributed by atoms with E-state index in [2.05, 4.69) is 12.6 Å². The highest BCUT2D eigenvalue weighted by Crippen LogP contribution is 2.27. The number of anilines is 1. The maximum absolute atomic E-state index is 13.0. The zero-order valence-electron chi connectivity index (χ0n) is 8.69. The number of carbonyl (C=O) groups is 2. The third kappa shape index (κ3) is 2.04. The molecule has 0 N–H and O–H groups in total. The molecule has 17 heavy (non-hydrogen) atoms. The minimum absolute atomic E-state index is 0.0569. The molecule has 0 spiro atoms. The van der Waals surface area contributed by atoms with Crippen LogP contribution in [0.25, 0.3) is 0 Å². The molecule has 90 valence electrons. The van der Waals surface area contributed by atoms with Gasteiger partial charge in [0.1, 0.15) is 0 Å². The standard InChI is InChI=1S/C11H9F2NO2S/c12-8-2-1-7(4-9(8)13)14-10(15)3-6(5-17)11(14)16/h1-2,4,6,17H,3,5H2. The highest BCUT2D eigenvalue weighted by atomic mass is 32.1. The lowest BCUT2D eigenvalue weighted by Crippen LogP contribution is -2.30. The summed E-state index contributed by atoms with van der Waals surface area (Å²) >= 11 is 3.97. The fraction of sp³-hybridized carbons (Fsp3) is 0.273. The molecule has 1 heterocycles. The van der Waals surface area contributed by atoms with Gasteiger partial charge in [0, 0.05) is 18.2 Å². The first-order valence-corrected chi connectivity index (χ1v) is 5.60. The minimum Gasteiger partial charge on any atom is -0.274 e. The Morgan fingerprint density at radius 2 is 2.00 bits per heavy atom. The summed E-state index contributed by atoms with van der Waals surface area (Å²) in [5, 5.41) is 0. The van der Waals surface area contributed by atoms with E-state index in [1.165, 1.54) is 6.07 Å². The molecule has 0 radical (unpaired) electrons. The SMILES string of the molecule is O=C1CC(CS)C(=O)N1c1ccc(F)c(F)c1. The van der Waals surface area contributed by atoms with Gasteiger partial charge in [0.05, 0.1) is 11.6 Å². The Morgan fingerprint density at radius 3 is 2.53 bits per heavy atom. The van der Waals surface area contributed by atoms with Gasteiger partial charge in [0.15, 0.2) is 11.6 Å². The minimum atomic E-state index is -1.09. The molecule has 1 unspecified atom stereocenters. The number of nitrogens with zero attached hydrogens (tertiary/aromatic N) is 1. The number of amides is 2. The Balaban J connectivity index is 2.36. The summed E-state index contributed by atoms with van der Waals surface area (Å²) in [7, 11) is 0. The molecule has 1 saturated heterocycles. The van der Waals surface area contributed by atoms with E-state index in [1.807, 2.05) is 0 Å². The van der Waals surface area contributed by atoms with Crippen LogP contribution in [0, 0.1) is 17.6 Å². The van der Waals surface area contributed by atoms with Gasteiger partial charge in [-0.3, -0.25) is 14.5 Å². The van der Waals surface area contributed by atoms with Crippen LogP contribution >= 0.6 is 12.6 Å². The molecule has 0 aromatic heterocycles. The third-order valence-electron chi connectivity index (χ3n) is 2.62. The third-order valence-corrected chi connectivity index (χ3v) is 3.06. The molecule has 3 nitrogen and oxygen atoms in total. The number of thiol groups is 1. The molecule has 0 saturated carbocycles. The van der Waals surface area contributed by atoms with Crippen molar-refractivity contribution in [2.24, 2.45) is 5.92 Å². The topological polar surface area (TPSA) is 37.4 Å². The Kier molecular flexibility index (Phi) is 3.15. The number of hydrogen-bond donors (Lipinski definition) is 1. The van der Waals surface area contributed by atoms with Gasteiger partial charge in [0.25, 0.3) is 0 Å². The van der Waals surface area contributed by atoms with E-state index in [4.69, 9.17) is 0 Å². The van der Waals surface area contributed by atoms with Crippen molar-refractivity contribution in [3.05, 3.63) is 29.8 Å². The molecule has 0 bridgehead atoms. The van der Waals surface area contributed by atoms with Crippen LogP contribution in [0.3, 0.4) is 0 Å². The fourth-order valence-electron chi connectivity index (χ4n) is 1.73. The van der Waals surface area contributed by atoms with Crippen LogP contribution in [0.1, 0.15) is 6.42 Å². The number of benzene rings is 1. The second kappa shape index (κ2) is 4.44. The molecule has 1 aliphatic heterocycles. The van der Waals surface area contributed by atoms with Crippen LogP contribution in [-0.2, 0) is 9.59 Å². The molecule has 1 aromatic rings. The molecule has 6 heteroatoms. The molecule has 1 fully saturated rings. The van der Waals surface area contributed by atoms with Crippen molar-refractivity contribution in [3.8, 4) is 0 Å². The second-order valence-electron chi connectivity index (χ2n) is 3.75. The van der Waals surface area contributed by atoms with Gasteiger partial charge in [-0.15, -0.1) is 0 Å². The van der Waals surface area contributed by atoms with Gasteiger partial charge in [-0.05, 0) is 12.1 Å². The average molecular weight is 257 g/mol. The number of carbonyl (C=O) groups excluding carboxylic acids is 2. The lowest BCUT2D eigenvalue weighted by molar-refractivity contribution is -0.122. The van der Waals surface area contributed by atoms with E-state index in [0.29, 0.717) is 0 Å². The predicted octanol–water partition coefficient (Wildman–Crippen LogP) is 1.77. The van der Waals surface area contributed by atoms with Gasteiger partial charge in [0.2, 0.25) is 11.8 Å². The van der Waals surface area contributed by atoms with E-state index in [-0.39, 0.29) is 17.9 Å². The van der Waals surface area contributed by atoms with Crippen LogP contribution in [0.2, 0.25) is 0 Å². The van der Waals surface area contributed by atoms with Crippen molar-refractivity contribution in [2.75, 3.05) is 10.7 Å². The highest BCUT2D eigenvalue weighted by Gasteiger charge is 2.38. The van der Waals surface area contributed by atoms with Crippen molar-refractivity contribution in [1.29, 1.82) is 0 Å².